The fraction of sp³-hybridized carbons (Fsp3) is 0.696. The number of halogens is 1. The standard InChI is InChI=1S/C23H32FNO4/c1-22(2)14-12-15-20(19-16(24)6-5-7-17(19)28-4)29-11-9-23(15,13-14)21(22)25-18(26)8-10-27-3/h5-7,14-15,20-21H,8-13H2,1-4H3,(H,25,26)/t14-,15-,20+,21-,23-/m1/s1. The normalized spacial score (nSPS) is 34.7. The molecule has 1 aliphatic heterocycles. The molecule has 4 rings (SSSR count). The number of carbonyl (C=O) groups is 1. The number of hydrogen-bond donors (Lipinski definition) is 1. The number of fused-ring (bicyclic) bond motifs is 1. The summed E-state index contributed by atoms with van der Waals surface area (Å²) >= 11 is 0. The summed E-state index contributed by atoms with van der Waals surface area (Å²) in [5, 5.41) is 3.34. The molecule has 6 heteroatoms. The number of carbonyl (C=O) groups excluding carboxylic acids is 1. The Labute approximate surface area is 172 Å². The van der Waals surface area contributed by atoms with E-state index >= 15 is 0 Å². The maximum atomic E-state index is 14.9. The van der Waals surface area contributed by atoms with Crippen LogP contribution in [0.2, 0.25) is 0 Å². The summed E-state index contributed by atoms with van der Waals surface area (Å²) < 4.78 is 31.6. The van der Waals surface area contributed by atoms with Crippen LogP contribution in [0.25, 0.3) is 0 Å². The second-order valence-electron chi connectivity index (χ2n) is 9.44. The van der Waals surface area contributed by atoms with Crippen molar-refractivity contribution in [2.45, 2.75) is 51.7 Å². The van der Waals surface area contributed by atoms with Gasteiger partial charge in [0, 0.05) is 26.2 Å². The Balaban J connectivity index is 1.68. The Morgan fingerprint density at radius 2 is 2.14 bits per heavy atom. The predicted molar refractivity (Wildman–Crippen MR) is 107 cm³/mol. The molecule has 2 saturated carbocycles. The van der Waals surface area contributed by atoms with Crippen molar-refractivity contribution in [3.05, 3.63) is 29.6 Å². The minimum Gasteiger partial charge on any atom is -0.496 e. The van der Waals surface area contributed by atoms with Crippen LogP contribution in [0.15, 0.2) is 18.2 Å². The van der Waals surface area contributed by atoms with Crippen LogP contribution in [0.3, 0.4) is 0 Å². The molecule has 5 atom stereocenters. The van der Waals surface area contributed by atoms with Gasteiger partial charge in [-0.15, -0.1) is 0 Å². The van der Waals surface area contributed by atoms with Gasteiger partial charge in [-0.05, 0) is 54.1 Å². The van der Waals surface area contributed by atoms with Gasteiger partial charge in [-0.25, -0.2) is 4.39 Å². The summed E-state index contributed by atoms with van der Waals surface area (Å²) in [6.45, 7) is 5.50. The maximum Gasteiger partial charge on any atom is 0.222 e. The average molecular weight is 406 g/mol. The first-order chi connectivity index (χ1) is 13.8. The third kappa shape index (κ3) is 3.15. The van der Waals surface area contributed by atoms with E-state index in [2.05, 4.69) is 19.2 Å². The number of nitrogens with one attached hydrogen (secondary N) is 1. The molecule has 1 spiro atoms. The highest BCUT2D eigenvalue weighted by atomic mass is 19.1. The van der Waals surface area contributed by atoms with E-state index in [0.29, 0.717) is 36.9 Å². The Bertz CT molecular complexity index is 782. The molecule has 0 unspecified atom stereocenters. The number of rotatable bonds is 6. The number of amides is 1. The van der Waals surface area contributed by atoms with Crippen molar-refractivity contribution < 1.29 is 23.4 Å². The van der Waals surface area contributed by atoms with E-state index in [4.69, 9.17) is 14.2 Å². The Kier molecular flexibility index (Phi) is 5.36. The van der Waals surface area contributed by atoms with Crippen LogP contribution in [0.4, 0.5) is 4.39 Å². The number of benzene rings is 1. The van der Waals surface area contributed by atoms with Crippen LogP contribution >= 0.6 is 0 Å². The summed E-state index contributed by atoms with van der Waals surface area (Å²) in [5.74, 6) is 0.913. The molecule has 5 nitrogen and oxygen atoms in total. The van der Waals surface area contributed by atoms with Crippen LogP contribution in [0, 0.1) is 28.5 Å². The predicted octanol–water partition coefficient (Wildman–Crippen LogP) is 3.87. The highest BCUT2D eigenvalue weighted by Gasteiger charge is 2.68. The molecule has 29 heavy (non-hydrogen) atoms. The summed E-state index contributed by atoms with van der Waals surface area (Å²) in [4.78, 5) is 12.6. The molecule has 2 aliphatic carbocycles. The van der Waals surface area contributed by atoms with E-state index in [9.17, 15) is 9.18 Å². The van der Waals surface area contributed by atoms with Crippen molar-refractivity contribution in [2.75, 3.05) is 27.4 Å². The van der Waals surface area contributed by atoms with Gasteiger partial charge in [0.25, 0.3) is 0 Å². The van der Waals surface area contributed by atoms with Crippen molar-refractivity contribution in [3.8, 4) is 5.75 Å². The Morgan fingerprint density at radius 3 is 2.86 bits per heavy atom. The molecule has 3 fully saturated rings. The fourth-order valence-electron chi connectivity index (χ4n) is 6.47. The summed E-state index contributed by atoms with van der Waals surface area (Å²) in [6, 6.07) is 4.99. The van der Waals surface area contributed by atoms with E-state index in [0.717, 1.165) is 19.3 Å². The van der Waals surface area contributed by atoms with Gasteiger partial charge in [-0.3, -0.25) is 4.79 Å². The van der Waals surface area contributed by atoms with Crippen molar-refractivity contribution in [1.29, 1.82) is 0 Å². The number of hydrogen-bond acceptors (Lipinski definition) is 4. The number of ether oxygens (including phenoxy) is 3. The van der Waals surface area contributed by atoms with Gasteiger partial charge in [0.15, 0.2) is 0 Å². The maximum absolute atomic E-state index is 14.9. The van der Waals surface area contributed by atoms with Crippen LogP contribution < -0.4 is 10.1 Å². The van der Waals surface area contributed by atoms with Crippen LogP contribution in [-0.2, 0) is 14.3 Å². The van der Waals surface area contributed by atoms with Gasteiger partial charge in [-0.1, -0.05) is 19.9 Å². The van der Waals surface area contributed by atoms with Crippen molar-refractivity contribution in [2.24, 2.45) is 22.7 Å². The minimum atomic E-state index is -0.348. The highest BCUT2D eigenvalue weighted by molar-refractivity contribution is 5.76. The van der Waals surface area contributed by atoms with Gasteiger partial charge >= 0.3 is 0 Å². The fourth-order valence-corrected chi connectivity index (χ4v) is 6.47. The van der Waals surface area contributed by atoms with Crippen molar-refractivity contribution in [1.82, 2.24) is 5.32 Å². The van der Waals surface area contributed by atoms with Crippen LogP contribution in [0.1, 0.15) is 51.2 Å². The van der Waals surface area contributed by atoms with Gasteiger partial charge in [0.2, 0.25) is 5.91 Å². The zero-order chi connectivity index (χ0) is 20.8. The first kappa shape index (κ1) is 20.6. The monoisotopic (exact) mass is 405 g/mol. The zero-order valence-corrected chi connectivity index (χ0v) is 17.8. The molecular weight excluding hydrogens is 373 g/mol. The molecule has 0 aromatic heterocycles. The third-order valence-corrected chi connectivity index (χ3v) is 7.86. The number of methoxy groups -OCH3 is 2. The molecule has 1 heterocycles. The lowest BCUT2D eigenvalue weighted by atomic mass is 9.58. The summed E-state index contributed by atoms with van der Waals surface area (Å²) in [5.41, 5.74) is 0.446. The quantitative estimate of drug-likeness (QED) is 0.781. The molecule has 0 radical (unpaired) electrons. The van der Waals surface area contributed by atoms with Crippen LogP contribution in [-0.4, -0.2) is 39.4 Å². The topological polar surface area (TPSA) is 56.8 Å². The molecule has 1 aromatic rings. The first-order valence-electron chi connectivity index (χ1n) is 10.6. The zero-order valence-electron chi connectivity index (χ0n) is 17.8. The molecule has 3 aliphatic rings. The molecule has 1 amide bonds. The van der Waals surface area contributed by atoms with E-state index in [1.807, 2.05) is 0 Å². The largest absolute Gasteiger partial charge is 0.496 e. The highest BCUT2D eigenvalue weighted by Crippen LogP contribution is 2.70. The molecule has 160 valence electrons. The van der Waals surface area contributed by atoms with Crippen LogP contribution in [0.5, 0.6) is 5.75 Å². The molecular formula is C23H32FNO4. The molecule has 1 N–H and O–H groups in total. The molecule has 1 aromatic carbocycles. The molecule has 2 bridgehead atoms. The van der Waals surface area contributed by atoms with Crippen molar-refractivity contribution in [3.63, 3.8) is 0 Å². The second kappa shape index (κ2) is 7.55. The van der Waals surface area contributed by atoms with Gasteiger partial charge < -0.3 is 19.5 Å². The van der Waals surface area contributed by atoms with Crippen molar-refractivity contribution >= 4 is 5.91 Å². The Morgan fingerprint density at radius 1 is 1.34 bits per heavy atom. The lowest BCUT2D eigenvalue weighted by Crippen LogP contribution is -2.59. The Hall–Kier alpha value is -1.66. The van der Waals surface area contributed by atoms with E-state index in [1.54, 1.807) is 26.4 Å². The van der Waals surface area contributed by atoms with E-state index < -0.39 is 0 Å². The summed E-state index contributed by atoms with van der Waals surface area (Å²) in [7, 11) is 3.17. The molecule has 1 saturated heterocycles. The van der Waals surface area contributed by atoms with Gasteiger partial charge in [0.1, 0.15) is 11.6 Å². The van der Waals surface area contributed by atoms with E-state index in [-0.39, 0.29) is 40.6 Å². The average Bonchev–Trinajstić information content (AvgIpc) is 3.19. The van der Waals surface area contributed by atoms with E-state index in [1.165, 1.54) is 6.07 Å². The summed E-state index contributed by atoms with van der Waals surface area (Å²) in [6.07, 6.45) is 2.94. The second-order valence-corrected chi connectivity index (χ2v) is 9.44. The lowest BCUT2D eigenvalue weighted by molar-refractivity contribution is -0.138. The van der Waals surface area contributed by atoms with Gasteiger partial charge in [0.05, 0.1) is 25.4 Å². The third-order valence-electron chi connectivity index (χ3n) is 7.86. The smallest absolute Gasteiger partial charge is 0.222 e. The lowest BCUT2D eigenvalue weighted by Gasteiger charge is -2.53. The minimum absolute atomic E-state index is 0.000437. The van der Waals surface area contributed by atoms with Gasteiger partial charge in [-0.2, -0.15) is 0 Å². The SMILES string of the molecule is COCCC(=O)N[C@@H]1C(C)(C)[C@@H]2C[C@@H]3[C@@H](c4c(F)cccc4OC)OCC[C@@]31C2. The first-order valence-corrected chi connectivity index (χ1v) is 10.6.